The Labute approximate surface area is 131 Å². The Morgan fingerprint density at radius 1 is 1.52 bits per heavy atom. The van der Waals surface area contributed by atoms with Gasteiger partial charge < -0.3 is 9.47 Å². The van der Waals surface area contributed by atoms with Crippen molar-refractivity contribution < 1.29 is 14.3 Å². The third-order valence-corrected chi connectivity index (χ3v) is 4.19. The smallest absolute Gasteiger partial charge is 0.229 e. The van der Waals surface area contributed by atoms with Crippen LogP contribution in [-0.4, -0.2) is 25.2 Å². The van der Waals surface area contributed by atoms with Crippen molar-refractivity contribution in [2.75, 3.05) is 18.1 Å². The number of carbonyl (C=O) groups is 1. The highest BCUT2D eigenvalue weighted by Gasteiger charge is 2.24. The molecule has 1 unspecified atom stereocenters. The molecule has 2 heterocycles. The SMILES string of the molecule is CC(=O)N(c1ccc(OCC2CO2)c(Cl)c1)c1cccs1. The first-order valence-electron chi connectivity index (χ1n) is 6.53. The number of rotatable bonds is 5. The Kier molecular flexibility index (Phi) is 4.14. The highest BCUT2D eigenvalue weighted by molar-refractivity contribution is 7.14. The van der Waals surface area contributed by atoms with Crippen LogP contribution in [0.5, 0.6) is 5.75 Å². The summed E-state index contributed by atoms with van der Waals surface area (Å²) in [5, 5.41) is 3.27. The number of halogens is 1. The molecule has 1 fully saturated rings. The summed E-state index contributed by atoms with van der Waals surface area (Å²) in [6.07, 6.45) is 0.181. The number of nitrogens with zero attached hydrogens (tertiary/aromatic N) is 1. The Hall–Kier alpha value is -1.56. The van der Waals surface area contributed by atoms with Crippen LogP contribution in [0.15, 0.2) is 35.7 Å². The first kappa shape index (κ1) is 14.4. The molecular weight excluding hydrogens is 310 g/mol. The first-order chi connectivity index (χ1) is 10.1. The molecule has 2 aromatic rings. The maximum Gasteiger partial charge on any atom is 0.229 e. The van der Waals surface area contributed by atoms with E-state index in [1.54, 1.807) is 17.0 Å². The number of carbonyl (C=O) groups excluding carboxylic acids is 1. The maximum atomic E-state index is 11.9. The van der Waals surface area contributed by atoms with Gasteiger partial charge in [0.2, 0.25) is 5.91 Å². The fourth-order valence-corrected chi connectivity index (χ4v) is 2.98. The summed E-state index contributed by atoms with van der Waals surface area (Å²) in [5.41, 5.74) is 0.727. The summed E-state index contributed by atoms with van der Waals surface area (Å²) >= 11 is 7.74. The van der Waals surface area contributed by atoms with E-state index in [1.807, 2.05) is 23.6 Å². The van der Waals surface area contributed by atoms with E-state index in [2.05, 4.69) is 0 Å². The minimum Gasteiger partial charge on any atom is -0.489 e. The molecule has 3 rings (SSSR count). The molecule has 0 bridgehead atoms. The van der Waals surface area contributed by atoms with Crippen molar-refractivity contribution in [1.82, 2.24) is 0 Å². The molecule has 1 saturated heterocycles. The quantitative estimate of drug-likeness (QED) is 0.784. The number of ether oxygens (including phenoxy) is 2. The first-order valence-corrected chi connectivity index (χ1v) is 7.79. The van der Waals surface area contributed by atoms with Gasteiger partial charge in [-0.2, -0.15) is 0 Å². The van der Waals surface area contributed by atoms with E-state index in [0.717, 1.165) is 17.3 Å². The molecule has 1 aliphatic heterocycles. The van der Waals surface area contributed by atoms with Crippen LogP contribution in [0.4, 0.5) is 10.7 Å². The van der Waals surface area contributed by atoms with Gasteiger partial charge in [0.1, 0.15) is 23.5 Å². The van der Waals surface area contributed by atoms with Gasteiger partial charge in [0.25, 0.3) is 0 Å². The third kappa shape index (κ3) is 3.37. The lowest BCUT2D eigenvalue weighted by Gasteiger charge is -2.20. The molecule has 1 atom stereocenters. The monoisotopic (exact) mass is 323 g/mol. The lowest BCUT2D eigenvalue weighted by atomic mass is 10.2. The van der Waals surface area contributed by atoms with Gasteiger partial charge >= 0.3 is 0 Å². The second-order valence-electron chi connectivity index (χ2n) is 4.69. The zero-order chi connectivity index (χ0) is 14.8. The van der Waals surface area contributed by atoms with Gasteiger partial charge in [0, 0.05) is 6.92 Å². The maximum absolute atomic E-state index is 11.9. The predicted molar refractivity (Wildman–Crippen MR) is 83.8 cm³/mol. The normalized spacial score (nSPS) is 16.6. The second kappa shape index (κ2) is 6.05. The summed E-state index contributed by atoms with van der Waals surface area (Å²) in [5.74, 6) is 0.541. The lowest BCUT2D eigenvalue weighted by Crippen LogP contribution is -2.21. The molecule has 0 spiro atoms. The van der Waals surface area contributed by atoms with Crippen molar-refractivity contribution in [2.45, 2.75) is 13.0 Å². The molecule has 1 amide bonds. The van der Waals surface area contributed by atoms with E-state index in [1.165, 1.54) is 18.3 Å². The summed E-state index contributed by atoms with van der Waals surface area (Å²) in [6, 6.07) is 9.16. The van der Waals surface area contributed by atoms with Crippen molar-refractivity contribution in [1.29, 1.82) is 0 Å². The van der Waals surface area contributed by atoms with Crippen molar-refractivity contribution >= 4 is 39.5 Å². The summed E-state index contributed by atoms with van der Waals surface area (Å²) in [6.45, 7) is 2.77. The molecule has 0 saturated carbocycles. The molecular formula is C15H14ClNO3S. The number of epoxide rings is 1. The molecule has 0 radical (unpaired) electrons. The van der Waals surface area contributed by atoms with E-state index >= 15 is 0 Å². The van der Waals surface area contributed by atoms with Crippen molar-refractivity contribution in [3.05, 3.63) is 40.7 Å². The van der Waals surface area contributed by atoms with E-state index in [0.29, 0.717) is 17.4 Å². The molecule has 1 aromatic heterocycles. The molecule has 0 aliphatic carbocycles. The molecule has 1 aliphatic rings. The molecule has 6 heteroatoms. The van der Waals surface area contributed by atoms with Crippen molar-refractivity contribution in [2.24, 2.45) is 0 Å². The van der Waals surface area contributed by atoms with Gasteiger partial charge in [-0.3, -0.25) is 9.69 Å². The Balaban J connectivity index is 1.83. The number of hydrogen-bond acceptors (Lipinski definition) is 4. The highest BCUT2D eigenvalue weighted by atomic mass is 35.5. The fourth-order valence-electron chi connectivity index (χ4n) is 1.95. The third-order valence-electron chi connectivity index (χ3n) is 3.04. The predicted octanol–water partition coefficient (Wildman–Crippen LogP) is 3.86. The molecule has 1 aromatic carbocycles. The molecule has 4 nitrogen and oxygen atoms in total. The van der Waals surface area contributed by atoms with Gasteiger partial charge in [-0.15, -0.1) is 11.3 Å². The number of benzene rings is 1. The van der Waals surface area contributed by atoms with Crippen molar-refractivity contribution in [3.8, 4) is 5.75 Å². The average Bonchev–Trinajstić information content (AvgIpc) is 3.12. The zero-order valence-electron chi connectivity index (χ0n) is 11.4. The van der Waals surface area contributed by atoms with Crippen molar-refractivity contribution in [3.63, 3.8) is 0 Å². The Bertz CT molecular complexity index is 640. The van der Waals surface area contributed by atoms with Crippen LogP contribution in [-0.2, 0) is 9.53 Å². The molecule has 21 heavy (non-hydrogen) atoms. The number of hydrogen-bond donors (Lipinski definition) is 0. The van der Waals surface area contributed by atoms with E-state index in [9.17, 15) is 4.79 Å². The summed E-state index contributed by atoms with van der Waals surface area (Å²) < 4.78 is 10.7. The van der Waals surface area contributed by atoms with Gasteiger partial charge in [-0.05, 0) is 35.7 Å². The standard InChI is InChI=1S/C15H14ClNO3S/c1-10(18)17(15-3-2-6-21-15)11-4-5-14(13(16)7-11)20-9-12-8-19-12/h2-7,12H,8-9H2,1H3. The summed E-state index contributed by atoms with van der Waals surface area (Å²) in [4.78, 5) is 13.5. The topological polar surface area (TPSA) is 42.1 Å². The van der Waals surface area contributed by atoms with Gasteiger partial charge in [0.05, 0.1) is 17.3 Å². The van der Waals surface area contributed by atoms with E-state index in [-0.39, 0.29) is 12.0 Å². The Morgan fingerprint density at radius 3 is 2.90 bits per heavy atom. The number of amides is 1. The lowest BCUT2D eigenvalue weighted by molar-refractivity contribution is -0.115. The van der Waals surface area contributed by atoms with E-state index < -0.39 is 0 Å². The van der Waals surface area contributed by atoms with Crippen LogP contribution in [0, 0.1) is 0 Å². The number of thiophene rings is 1. The second-order valence-corrected chi connectivity index (χ2v) is 6.02. The molecule has 0 N–H and O–H groups in total. The molecule has 110 valence electrons. The van der Waals surface area contributed by atoms with Gasteiger partial charge in [0.15, 0.2) is 0 Å². The summed E-state index contributed by atoms with van der Waals surface area (Å²) in [7, 11) is 0. The van der Waals surface area contributed by atoms with Crippen LogP contribution in [0.2, 0.25) is 5.02 Å². The van der Waals surface area contributed by atoms with Crippen LogP contribution >= 0.6 is 22.9 Å². The Morgan fingerprint density at radius 2 is 2.33 bits per heavy atom. The van der Waals surface area contributed by atoms with Crippen LogP contribution in [0.25, 0.3) is 0 Å². The largest absolute Gasteiger partial charge is 0.489 e. The van der Waals surface area contributed by atoms with Gasteiger partial charge in [-0.1, -0.05) is 11.6 Å². The van der Waals surface area contributed by atoms with Crippen LogP contribution in [0.1, 0.15) is 6.92 Å². The highest BCUT2D eigenvalue weighted by Crippen LogP contribution is 2.35. The van der Waals surface area contributed by atoms with Gasteiger partial charge in [-0.25, -0.2) is 0 Å². The fraction of sp³-hybridized carbons (Fsp3) is 0.267. The van der Waals surface area contributed by atoms with Crippen LogP contribution in [0.3, 0.4) is 0 Å². The van der Waals surface area contributed by atoms with E-state index in [4.69, 9.17) is 21.1 Å². The minimum atomic E-state index is -0.0615. The van der Waals surface area contributed by atoms with Crippen LogP contribution < -0.4 is 9.64 Å². The number of anilines is 2. The average molecular weight is 324 g/mol. The zero-order valence-corrected chi connectivity index (χ0v) is 13.0. The minimum absolute atomic E-state index is 0.0615.